The molecule has 1 heterocycles. The van der Waals surface area contributed by atoms with Crippen LogP contribution in [0, 0.1) is 6.92 Å². The molecule has 1 aliphatic heterocycles. The van der Waals surface area contributed by atoms with Crippen LogP contribution < -0.4 is 10.0 Å². The molecule has 1 aromatic carbocycles. The molecule has 2 N–H and O–H groups in total. The Morgan fingerprint density at radius 1 is 1.30 bits per heavy atom. The fourth-order valence-corrected chi connectivity index (χ4v) is 3.77. The first kappa shape index (κ1) is 17.9. The van der Waals surface area contributed by atoms with Crippen molar-refractivity contribution in [3.8, 4) is 0 Å². The van der Waals surface area contributed by atoms with Gasteiger partial charge in [0.05, 0.1) is 4.90 Å². The monoisotopic (exact) mass is 339 g/mol. The number of carbonyl (C=O) groups is 1. The third-order valence-electron chi connectivity index (χ3n) is 4.15. The zero-order valence-corrected chi connectivity index (χ0v) is 14.7. The third-order valence-corrected chi connectivity index (χ3v) is 5.70. The number of hydrogen-bond donors (Lipinski definition) is 2. The van der Waals surface area contributed by atoms with Crippen LogP contribution in [-0.4, -0.2) is 51.9 Å². The SMILES string of the molecule is CCNS(=O)(=O)c1ccc(C)c(C(=O)NC2CCN(C)CC2)c1. The van der Waals surface area contributed by atoms with Gasteiger partial charge < -0.3 is 10.2 Å². The first-order valence-electron chi connectivity index (χ1n) is 7.93. The summed E-state index contributed by atoms with van der Waals surface area (Å²) in [7, 11) is -1.49. The van der Waals surface area contributed by atoms with Crippen LogP contribution >= 0.6 is 0 Å². The standard InChI is InChI=1S/C16H25N3O3S/c1-4-17-23(21,22)14-6-5-12(2)15(11-14)16(20)18-13-7-9-19(3)10-8-13/h5-6,11,13,17H,4,7-10H2,1-3H3,(H,18,20). The van der Waals surface area contributed by atoms with Crippen molar-refractivity contribution in [3.05, 3.63) is 29.3 Å². The Bertz CT molecular complexity index is 665. The Labute approximate surface area is 138 Å². The summed E-state index contributed by atoms with van der Waals surface area (Å²) in [6, 6.07) is 4.80. The molecular formula is C16H25N3O3S. The second-order valence-corrected chi connectivity index (χ2v) is 7.80. The van der Waals surface area contributed by atoms with E-state index < -0.39 is 10.0 Å². The summed E-state index contributed by atoms with van der Waals surface area (Å²) in [5.41, 5.74) is 1.19. The highest BCUT2D eigenvalue weighted by Gasteiger charge is 2.21. The van der Waals surface area contributed by atoms with Gasteiger partial charge in [-0.15, -0.1) is 0 Å². The molecule has 0 spiro atoms. The highest BCUT2D eigenvalue weighted by Crippen LogP contribution is 2.17. The van der Waals surface area contributed by atoms with Gasteiger partial charge >= 0.3 is 0 Å². The van der Waals surface area contributed by atoms with Crippen LogP contribution in [0.25, 0.3) is 0 Å². The number of nitrogens with one attached hydrogen (secondary N) is 2. The van der Waals surface area contributed by atoms with Crippen molar-refractivity contribution >= 4 is 15.9 Å². The van der Waals surface area contributed by atoms with Gasteiger partial charge in [0.15, 0.2) is 0 Å². The van der Waals surface area contributed by atoms with Gasteiger partial charge in [0.25, 0.3) is 5.91 Å². The molecule has 0 radical (unpaired) electrons. The lowest BCUT2D eigenvalue weighted by Crippen LogP contribution is -2.43. The first-order valence-corrected chi connectivity index (χ1v) is 9.41. The van der Waals surface area contributed by atoms with E-state index in [2.05, 4.69) is 22.0 Å². The topological polar surface area (TPSA) is 78.5 Å². The molecule has 1 aliphatic rings. The van der Waals surface area contributed by atoms with Gasteiger partial charge in [-0.25, -0.2) is 13.1 Å². The smallest absolute Gasteiger partial charge is 0.251 e. The van der Waals surface area contributed by atoms with Crippen molar-refractivity contribution in [3.63, 3.8) is 0 Å². The summed E-state index contributed by atoms with van der Waals surface area (Å²) >= 11 is 0. The van der Waals surface area contributed by atoms with E-state index in [1.807, 2.05) is 6.92 Å². The summed E-state index contributed by atoms with van der Waals surface area (Å²) in [6.45, 7) is 5.76. The Morgan fingerprint density at radius 3 is 2.57 bits per heavy atom. The van der Waals surface area contributed by atoms with E-state index in [1.54, 1.807) is 13.0 Å². The first-order chi connectivity index (χ1) is 10.8. The fraction of sp³-hybridized carbons (Fsp3) is 0.562. The van der Waals surface area contributed by atoms with E-state index in [-0.39, 0.29) is 16.8 Å². The van der Waals surface area contributed by atoms with Crippen LogP contribution in [-0.2, 0) is 10.0 Å². The van der Waals surface area contributed by atoms with Crippen molar-refractivity contribution in [2.75, 3.05) is 26.7 Å². The molecule has 0 bridgehead atoms. The summed E-state index contributed by atoms with van der Waals surface area (Å²) in [4.78, 5) is 14.9. The number of aryl methyl sites for hydroxylation is 1. The van der Waals surface area contributed by atoms with Crippen molar-refractivity contribution in [1.82, 2.24) is 14.9 Å². The number of hydrogen-bond acceptors (Lipinski definition) is 4. The maximum absolute atomic E-state index is 12.5. The summed E-state index contributed by atoms with van der Waals surface area (Å²) in [5.74, 6) is -0.203. The molecule has 0 atom stereocenters. The normalized spacial score (nSPS) is 17.2. The number of amides is 1. The number of nitrogens with zero attached hydrogens (tertiary/aromatic N) is 1. The molecular weight excluding hydrogens is 314 g/mol. The predicted octanol–water partition coefficient (Wildman–Crippen LogP) is 1.12. The summed E-state index contributed by atoms with van der Waals surface area (Å²) in [6.07, 6.45) is 1.83. The van der Waals surface area contributed by atoms with Crippen molar-refractivity contribution in [2.45, 2.75) is 37.6 Å². The van der Waals surface area contributed by atoms with Gasteiger partial charge in [-0.3, -0.25) is 4.79 Å². The molecule has 1 amide bonds. The largest absolute Gasteiger partial charge is 0.349 e. The summed E-state index contributed by atoms with van der Waals surface area (Å²) in [5, 5.41) is 3.03. The fourth-order valence-electron chi connectivity index (χ4n) is 2.70. The lowest BCUT2D eigenvalue weighted by Gasteiger charge is -2.29. The van der Waals surface area contributed by atoms with Gasteiger partial charge in [-0.1, -0.05) is 13.0 Å². The second kappa shape index (κ2) is 7.42. The van der Waals surface area contributed by atoms with E-state index >= 15 is 0 Å². The molecule has 23 heavy (non-hydrogen) atoms. The lowest BCUT2D eigenvalue weighted by molar-refractivity contribution is 0.0916. The molecule has 128 valence electrons. The zero-order chi connectivity index (χ0) is 17.0. The molecule has 0 aliphatic carbocycles. The van der Waals surface area contributed by atoms with Gasteiger partial charge in [0.1, 0.15) is 0 Å². The molecule has 0 aromatic heterocycles. The number of rotatable bonds is 5. The van der Waals surface area contributed by atoms with E-state index in [9.17, 15) is 13.2 Å². The Hall–Kier alpha value is -1.44. The minimum absolute atomic E-state index is 0.124. The van der Waals surface area contributed by atoms with E-state index in [1.165, 1.54) is 12.1 Å². The van der Waals surface area contributed by atoms with Crippen LogP contribution in [0.3, 0.4) is 0 Å². The minimum atomic E-state index is -3.56. The molecule has 1 fully saturated rings. The van der Waals surface area contributed by atoms with Gasteiger partial charge in [0.2, 0.25) is 10.0 Å². The Morgan fingerprint density at radius 2 is 1.96 bits per heavy atom. The predicted molar refractivity (Wildman–Crippen MR) is 90.0 cm³/mol. The van der Waals surface area contributed by atoms with Crippen LogP contribution in [0.4, 0.5) is 0 Å². The van der Waals surface area contributed by atoms with Crippen LogP contribution in [0.15, 0.2) is 23.1 Å². The van der Waals surface area contributed by atoms with Gasteiger partial charge in [-0.2, -0.15) is 0 Å². The molecule has 1 aromatic rings. The van der Waals surface area contributed by atoms with Crippen molar-refractivity contribution in [1.29, 1.82) is 0 Å². The molecule has 7 heteroatoms. The molecule has 0 saturated carbocycles. The van der Waals surface area contributed by atoms with Crippen LogP contribution in [0.1, 0.15) is 35.7 Å². The van der Waals surface area contributed by atoms with E-state index in [0.29, 0.717) is 12.1 Å². The average molecular weight is 339 g/mol. The number of sulfonamides is 1. The number of piperidine rings is 1. The lowest BCUT2D eigenvalue weighted by atomic mass is 10.0. The minimum Gasteiger partial charge on any atom is -0.349 e. The van der Waals surface area contributed by atoms with E-state index in [0.717, 1.165) is 31.5 Å². The highest BCUT2D eigenvalue weighted by molar-refractivity contribution is 7.89. The Balaban J connectivity index is 2.16. The molecule has 2 rings (SSSR count). The number of likely N-dealkylation sites (tertiary alicyclic amines) is 1. The van der Waals surface area contributed by atoms with Gasteiger partial charge in [0, 0.05) is 18.2 Å². The third kappa shape index (κ3) is 4.53. The molecule has 6 nitrogen and oxygen atoms in total. The maximum Gasteiger partial charge on any atom is 0.251 e. The maximum atomic E-state index is 12.5. The van der Waals surface area contributed by atoms with Crippen LogP contribution in [0.2, 0.25) is 0 Å². The average Bonchev–Trinajstić information content (AvgIpc) is 2.49. The zero-order valence-electron chi connectivity index (χ0n) is 13.9. The van der Waals surface area contributed by atoms with Gasteiger partial charge in [-0.05, 0) is 57.6 Å². The number of carbonyl (C=O) groups excluding carboxylic acids is 1. The Kier molecular flexibility index (Phi) is 5.78. The second-order valence-electron chi connectivity index (χ2n) is 6.03. The molecule has 0 unspecified atom stereocenters. The quantitative estimate of drug-likeness (QED) is 0.842. The van der Waals surface area contributed by atoms with Crippen LogP contribution in [0.5, 0.6) is 0 Å². The summed E-state index contributed by atoms with van der Waals surface area (Å²) < 4.78 is 26.6. The van der Waals surface area contributed by atoms with Crippen molar-refractivity contribution < 1.29 is 13.2 Å². The van der Waals surface area contributed by atoms with Crippen molar-refractivity contribution in [2.24, 2.45) is 0 Å². The van der Waals surface area contributed by atoms with E-state index in [4.69, 9.17) is 0 Å². The highest BCUT2D eigenvalue weighted by atomic mass is 32.2. The number of benzene rings is 1. The molecule has 1 saturated heterocycles.